The monoisotopic (exact) mass is 384 g/mol. The smallest absolute Gasteiger partial charge is 0.227 e. The lowest BCUT2D eigenvalue weighted by Gasteiger charge is -2.09. The van der Waals surface area contributed by atoms with Gasteiger partial charge in [0.15, 0.2) is 5.58 Å². The molecule has 0 aliphatic heterocycles. The second kappa shape index (κ2) is 8.13. The Labute approximate surface area is 164 Å². The maximum absolute atomic E-state index is 12.1. The molecule has 1 aromatic heterocycles. The number of hydrogen-bond acceptors (Lipinski definition) is 3. The molecule has 1 amide bonds. The van der Waals surface area contributed by atoms with Crippen LogP contribution < -0.4 is 5.32 Å². The summed E-state index contributed by atoms with van der Waals surface area (Å²) >= 11 is 6.25. The van der Waals surface area contributed by atoms with Crippen LogP contribution in [0.1, 0.15) is 52.0 Å². The van der Waals surface area contributed by atoms with Crippen LogP contribution in [-0.2, 0) is 4.79 Å². The molecule has 0 fully saturated rings. The van der Waals surface area contributed by atoms with Gasteiger partial charge in [-0.15, -0.1) is 0 Å². The van der Waals surface area contributed by atoms with Crippen molar-refractivity contribution in [3.05, 3.63) is 47.0 Å². The van der Waals surface area contributed by atoms with E-state index in [1.165, 1.54) is 5.56 Å². The predicted molar refractivity (Wildman–Crippen MR) is 111 cm³/mol. The summed E-state index contributed by atoms with van der Waals surface area (Å²) < 4.78 is 5.92. The fourth-order valence-electron chi connectivity index (χ4n) is 2.94. The number of nitrogens with zero attached hydrogens (tertiary/aromatic N) is 1. The Bertz CT molecular complexity index is 962. The van der Waals surface area contributed by atoms with E-state index in [-0.39, 0.29) is 11.8 Å². The fourth-order valence-corrected chi connectivity index (χ4v) is 3.10. The third kappa shape index (κ3) is 4.51. The highest BCUT2D eigenvalue weighted by atomic mass is 35.5. The predicted octanol–water partition coefficient (Wildman–Crippen LogP) is 6.65. The first-order valence-electron chi connectivity index (χ1n) is 9.37. The highest BCUT2D eigenvalue weighted by molar-refractivity contribution is 6.33. The molecule has 1 heterocycles. The highest BCUT2D eigenvalue weighted by Gasteiger charge is 2.14. The summed E-state index contributed by atoms with van der Waals surface area (Å²) in [5.74, 6) is 1.22. The zero-order chi connectivity index (χ0) is 19.6. The van der Waals surface area contributed by atoms with Gasteiger partial charge in [0.25, 0.3) is 0 Å². The molecule has 0 saturated heterocycles. The van der Waals surface area contributed by atoms with Crippen LogP contribution >= 0.6 is 11.6 Å². The van der Waals surface area contributed by atoms with Gasteiger partial charge in [-0.2, -0.15) is 0 Å². The number of oxazole rings is 1. The van der Waals surface area contributed by atoms with E-state index >= 15 is 0 Å². The number of aromatic nitrogens is 1. The second-order valence-corrected chi connectivity index (χ2v) is 7.80. The van der Waals surface area contributed by atoms with Crippen molar-refractivity contribution in [3.63, 3.8) is 0 Å². The normalized spacial score (nSPS) is 12.5. The van der Waals surface area contributed by atoms with Crippen molar-refractivity contribution in [2.45, 2.75) is 46.5 Å². The van der Waals surface area contributed by atoms with Crippen LogP contribution in [0.2, 0.25) is 5.02 Å². The number of fused-ring (bicyclic) bond motifs is 1. The first kappa shape index (κ1) is 19.4. The third-order valence-corrected chi connectivity index (χ3v) is 5.00. The Hall–Kier alpha value is -2.33. The SMILES string of the molecule is CC[C@H](C)c1ccc2oc(-c3ccc(Cl)c(NC(=O)CC(C)C)c3)nc2c1. The number of halogens is 1. The van der Waals surface area contributed by atoms with Crippen LogP contribution in [0, 0.1) is 5.92 Å². The van der Waals surface area contributed by atoms with Crippen molar-refractivity contribution >= 4 is 34.3 Å². The van der Waals surface area contributed by atoms with Crippen LogP contribution in [-0.4, -0.2) is 10.9 Å². The molecule has 0 radical (unpaired) electrons. The second-order valence-electron chi connectivity index (χ2n) is 7.40. The van der Waals surface area contributed by atoms with E-state index in [9.17, 15) is 4.79 Å². The molecule has 0 spiro atoms. The Morgan fingerprint density at radius 1 is 1.19 bits per heavy atom. The molecule has 0 saturated carbocycles. The first-order chi connectivity index (χ1) is 12.9. The molecule has 27 heavy (non-hydrogen) atoms. The Morgan fingerprint density at radius 2 is 1.96 bits per heavy atom. The summed E-state index contributed by atoms with van der Waals surface area (Å²) in [6, 6.07) is 11.5. The number of hydrogen-bond donors (Lipinski definition) is 1. The van der Waals surface area contributed by atoms with Crippen molar-refractivity contribution < 1.29 is 9.21 Å². The van der Waals surface area contributed by atoms with Crippen molar-refractivity contribution in [2.24, 2.45) is 5.92 Å². The van der Waals surface area contributed by atoms with Gasteiger partial charge >= 0.3 is 0 Å². The van der Waals surface area contributed by atoms with E-state index in [1.54, 1.807) is 12.1 Å². The Morgan fingerprint density at radius 3 is 2.67 bits per heavy atom. The number of rotatable bonds is 6. The number of carbonyl (C=O) groups is 1. The van der Waals surface area contributed by atoms with Crippen molar-refractivity contribution in [1.29, 1.82) is 0 Å². The molecule has 3 rings (SSSR count). The Balaban J connectivity index is 1.91. The molecule has 0 aliphatic carbocycles. The lowest BCUT2D eigenvalue weighted by molar-refractivity contribution is -0.116. The van der Waals surface area contributed by atoms with E-state index in [4.69, 9.17) is 16.0 Å². The summed E-state index contributed by atoms with van der Waals surface area (Å²) in [5, 5.41) is 3.37. The van der Waals surface area contributed by atoms with Crippen molar-refractivity contribution in [1.82, 2.24) is 4.98 Å². The summed E-state index contributed by atoms with van der Waals surface area (Å²) in [6.07, 6.45) is 1.52. The average molecular weight is 385 g/mol. The minimum Gasteiger partial charge on any atom is -0.436 e. The van der Waals surface area contributed by atoms with E-state index in [1.807, 2.05) is 26.0 Å². The zero-order valence-corrected chi connectivity index (χ0v) is 16.9. The largest absolute Gasteiger partial charge is 0.436 e. The van der Waals surface area contributed by atoms with Gasteiger partial charge in [0.05, 0.1) is 10.7 Å². The fraction of sp³-hybridized carbons (Fsp3) is 0.364. The van der Waals surface area contributed by atoms with Crippen LogP contribution in [0.15, 0.2) is 40.8 Å². The van der Waals surface area contributed by atoms with Gasteiger partial charge in [-0.05, 0) is 54.2 Å². The van der Waals surface area contributed by atoms with E-state index in [2.05, 4.69) is 36.3 Å². The maximum Gasteiger partial charge on any atom is 0.227 e. The number of amides is 1. The first-order valence-corrected chi connectivity index (χ1v) is 9.75. The zero-order valence-electron chi connectivity index (χ0n) is 16.2. The van der Waals surface area contributed by atoms with Gasteiger partial charge < -0.3 is 9.73 Å². The van der Waals surface area contributed by atoms with Crippen LogP contribution in [0.5, 0.6) is 0 Å². The molecule has 0 bridgehead atoms. The molecule has 1 N–H and O–H groups in total. The lowest BCUT2D eigenvalue weighted by Crippen LogP contribution is -2.14. The Kier molecular flexibility index (Phi) is 5.85. The maximum atomic E-state index is 12.1. The molecule has 142 valence electrons. The standard InChI is InChI=1S/C22H25ClN2O2/c1-5-14(4)15-7-9-20-19(11-15)25-22(27-20)16-6-8-17(23)18(12-16)24-21(26)10-13(2)3/h6-9,11-14H,5,10H2,1-4H3,(H,24,26)/t14-/m0/s1. The number of carbonyl (C=O) groups excluding carboxylic acids is 1. The third-order valence-electron chi connectivity index (χ3n) is 4.67. The number of anilines is 1. The summed E-state index contributed by atoms with van der Waals surface area (Å²) in [6.45, 7) is 8.38. The van der Waals surface area contributed by atoms with Crippen LogP contribution in [0.3, 0.4) is 0 Å². The van der Waals surface area contributed by atoms with E-state index in [0.717, 1.165) is 23.1 Å². The molecule has 4 nitrogen and oxygen atoms in total. The van der Waals surface area contributed by atoms with Crippen molar-refractivity contribution in [2.75, 3.05) is 5.32 Å². The summed E-state index contributed by atoms with van der Waals surface area (Å²) in [5.41, 5.74) is 4.19. The molecule has 0 aliphatic rings. The highest BCUT2D eigenvalue weighted by Crippen LogP contribution is 2.32. The van der Waals surface area contributed by atoms with Gasteiger partial charge in [-0.1, -0.05) is 45.4 Å². The summed E-state index contributed by atoms with van der Waals surface area (Å²) in [7, 11) is 0. The summed E-state index contributed by atoms with van der Waals surface area (Å²) in [4.78, 5) is 16.7. The van der Waals surface area contributed by atoms with Gasteiger partial charge in [0, 0.05) is 12.0 Å². The van der Waals surface area contributed by atoms with Gasteiger partial charge in [0.2, 0.25) is 11.8 Å². The van der Waals surface area contributed by atoms with Gasteiger partial charge in [-0.3, -0.25) is 4.79 Å². The van der Waals surface area contributed by atoms with Gasteiger partial charge in [-0.25, -0.2) is 4.98 Å². The molecule has 2 aromatic carbocycles. The molecule has 1 atom stereocenters. The molecule has 3 aromatic rings. The van der Waals surface area contributed by atoms with E-state index < -0.39 is 0 Å². The van der Waals surface area contributed by atoms with Gasteiger partial charge in [0.1, 0.15) is 5.52 Å². The molecular weight excluding hydrogens is 360 g/mol. The number of benzene rings is 2. The quantitative estimate of drug-likeness (QED) is 0.517. The minimum atomic E-state index is -0.0557. The topological polar surface area (TPSA) is 55.1 Å². The van der Waals surface area contributed by atoms with Crippen LogP contribution in [0.4, 0.5) is 5.69 Å². The van der Waals surface area contributed by atoms with Crippen LogP contribution in [0.25, 0.3) is 22.6 Å². The minimum absolute atomic E-state index is 0.0557. The van der Waals surface area contributed by atoms with E-state index in [0.29, 0.717) is 28.9 Å². The molecule has 5 heteroatoms. The average Bonchev–Trinajstić information content (AvgIpc) is 3.05. The molecule has 0 unspecified atom stereocenters. The van der Waals surface area contributed by atoms with Crippen molar-refractivity contribution in [3.8, 4) is 11.5 Å². The molecular formula is C22H25ClN2O2. The number of nitrogens with one attached hydrogen (secondary N) is 1. The lowest BCUT2D eigenvalue weighted by atomic mass is 9.98.